The zero-order valence-electron chi connectivity index (χ0n) is 8.76. The van der Waals surface area contributed by atoms with Crippen molar-refractivity contribution in [3.8, 4) is 0 Å². The third kappa shape index (κ3) is 2.14. The summed E-state index contributed by atoms with van der Waals surface area (Å²) < 4.78 is 2.69. The Morgan fingerprint density at radius 1 is 1.41 bits per heavy atom. The van der Waals surface area contributed by atoms with Gasteiger partial charge in [0.05, 0.1) is 6.20 Å². The van der Waals surface area contributed by atoms with Gasteiger partial charge >= 0.3 is 0 Å². The van der Waals surface area contributed by atoms with Gasteiger partial charge in [-0.1, -0.05) is 0 Å². The number of halogens is 1. The van der Waals surface area contributed by atoms with E-state index >= 15 is 0 Å². The van der Waals surface area contributed by atoms with Crippen molar-refractivity contribution in [2.24, 2.45) is 0 Å². The monoisotopic (exact) mass is 292 g/mol. The predicted molar refractivity (Wildman–Crippen MR) is 66.6 cm³/mol. The van der Waals surface area contributed by atoms with E-state index in [0.29, 0.717) is 12.5 Å². The quantitative estimate of drug-likeness (QED) is 0.773. The van der Waals surface area contributed by atoms with E-state index < -0.39 is 0 Å². The lowest BCUT2D eigenvalue weighted by Crippen LogP contribution is -2.00. The van der Waals surface area contributed by atoms with Crippen LogP contribution in [-0.4, -0.2) is 24.8 Å². The van der Waals surface area contributed by atoms with Gasteiger partial charge in [-0.05, 0) is 28.1 Å². The summed E-state index contributed by atoms with van der Waals surface area (Å²) in [4.78, 5) is 4.34. The Morgan fingerprint density at radius 3 is 3.18 bits per heavy atom. The molecule has 0 saturated heterocycles. The SMILES string of the molecule is Brc1ccc2nc(NCc3cn[nH]c3)nn2c1. The van der Waals surface area contributed by atoms with Crippen LogP contribution in [0.1, 0.15) is 5.56 Å². The number of hydrogen-bond donors (Lipinski definition) is 2. The number of fused-ring (bicyclic) bond motifs is 1. The Hall–Kier alpha value is -1.89. The van der Waals surface area contributed by atoms with Gasteiger partial charge in [0, 0.05) is 29.0 Å². The molecule has 0 radical (unpaired) electrons. The minimum atomic E-state index is 0.601. The molecule has 0 amide bonds. The third-order valence-electron chi connectivity index (χ3n) is 2.30. The second-order valence-electron chi connectivity index (χ2n) is 3.55. The van der Waals surface area contributed by atoms with Crippen LogP contribution in [-0.2, 0) is 6.54 Å². The maximum atomic E-state index is 4.34. The Bertz CT molecular complexity index is 629. The average Bonchev–Trinajstić information content (AvgIpc) is 2.94. The van der Waals surface area contributed by atoms with E-state index in [1.807, 2.05) is 24.5 Å². The number of rotatable bonds is 3. The molecule has 0 aliphatic carbocycles. The summed E-state index contributed by atoms with van der Waals surface area (Å²) in [5.74, 6) is 0.601. The molecule has 2 N–H and O–H groups in total. The summed E-state index contributed by atoms with van der Waals surface area (Å²) in [6.07, 6.45) is 5.46. The number of anilines is 1. The average molecular weight is 293 g/mol. The van der Waals surface area contributed by atoms with Gasteiger partial charge in [0.2, 0.25) is 5.95 Å². The standard InChI is InChI=1S/C10H9BrN6/c11-8-1-2-9-15-10(16-17(9)6-8)12-3-7-4-13-14-5-7/h1-2,4-6H,3H2,(H,12,16)(H,13,14). The molecule has 0 spiro atoms. The van der Waals surface area contributed by atoms with E-state index in [0.717, 1.165) is 15.7 Å². The Balaban J connectivity index is 1.81. The van der Waals surface area contributed by atoms with Gasteiger partial charge in [0.1, 0.15) is 0 Å². The molecule has 0 atom stereocenters. The van der Waals surface area contributed by atoms with Crippen molar-refractivity contribution in [1.82, 2.24) is 24.8 Å². The molecule has 3 rings (SSSR count). The van der Waals surface area contributed by atoms with Crippen LogP contribution < -0.4 is 5.32 Å². The van der Waals surface area contributed by atoms with E-state index in [2.05, 4.69) is 41.5 Å². The smallest absolute Gasteiger partial charge is 0.243 e. The first-order chi connectivity index (χ1) is 8.31. The Labute approximate surface area is 105 Å². The first kappa shape index (κ1) is 10.3. The van der Waals surface area contributed by atoms with Crippen molar-refractivity contribution < 1.29 is 0 Å². The number of hydrogen-bond acceptors (Lipinski definition) is 4. The fraction of sp³-hybridized carbons (Fsp3) is 0.100. The van der Waals surface area contributed by atoms with Crippen LogP contribution in [0.4, 0.5) is 5.95 Å². The molecule has 17 heavy (non-hydrogen) atoms. The first-order valence-electron chi connectivity index (χ1n) is 5.05. The van der Waals surface area contributed by atoms with Crippen molar-refractivity contribution in [1.29, 1.82) is 0 Å². The van der Waals surface area contributed by atoms with E-state index in [-0.39, 0.29) is 0 Å². The van der Waals surface area contributed by atoms with Crippen molar-refractivity contribution in [3.63, 3.8) is 0 Å². The molecule has 86 valence electrons. The molecule has 7 heteroatoms. The zero-order chi connectivity index (χ0) is 11.7. The summed E-state index contributed by atoms with van der Waals surface area (Å²) >= 11 is 3.39. The first-order valence-corrected chi connectivity index (χ1v) is 5.84. The summed E-state index contributed by atoms with van der Waals surface area (Å²) in [6.45, 7) is 0.647. The van der Waals surface area contributed by atoms with Crippen molar-refractivity contribution >= 4 is 27.5 Å². The number of aromatic nitrogens is 5. The number of nitrogens with one attached hydrogen (secondary N) is 2. The molecule has 0 aliphatic heterocycles. The second-order valence-corrected chi connectivity index (χ2v) is 4.46. The van der Waals surface area contributed by atoms with E-state index in [1.54, 1.807) is 10.7 Å². The molecule has 0 fully saturated rings. The van der Waals surface area contributed by atoms with E-state index in [4.69, 9.17) is 0 Å². The normalized spacial score (nSPS) is 10.9. The zero-order valence-corrected chi connectivity index (χ0v) is 10.3. The lowest BCUT2D eigenvalue weighted by Gasteiger charge is -1.96. The lowest BCUT2D eigenvalue weighted by molar-refractivity contribution is 0.946. The summed E-state index contributed by atoms with van der Waals surface area (Å²) in [5.41, 5.74) is 1.87. The second kappa shape index (κ2) is 4.17. The number of H-pyrrole nitrogens is 1. The molecule has 3 aromatic heterocycles. The molecule has 0 unspecified atom stereocenters. The van der Waals surface area contributed by atoms with Gasteiger partial charge in [-0.2, -0.15) is 10.1 Å². The lowest BCUT2D eigenvalue weighted by atomic mass is 10.4. The summed E-state index contributed by atoms with van der Waals surface area (Å²) in [5, 5.41) is 14.1. The molecular formula is C10H9BrN6. The highest BCUT2D eigenvalue weighted by molar-refractivity contribution is 9.10. The third-order valence-corrected chi connectivity index (χ3v) is 2.77. The van der Waals surface area contributed by atoms with Crippen molar-refractivity contribution in [2.45, 2.75) is 6.54 Å². The van der Waals surface area contributed by atoms with Gasteiger partial charge < -0.3 is 5.32 Å². The molecule has 0 aromatic carbocycles. The van der Waals surface area contributed by atoms with Crippen molar-refractivity contribution in [2.75, 3.05) is 5.32 Å². The minimum Gasteiger partial charge on any atom is -0.349 e. The minimum absolute atomic E-state index is 0.601. The topological polar surface area (TPSA) is 70.9 Å². The number of nitrogens with zero attached hydrogens (tertiary/aromatic N) is 4. The van der Waals surface area contributed by atoms with Gasteiger partial charge in [-0.3, -0.25) is 5.10 Å². The summed E-state index contributed by atoms with van der Waals surface area (Å²) in [7, 11) is 0. The molecular weight excluding hydrogens is 284 g/mol. The predicted octanol–water partition coefficient (Wildman–Crippen LogP) is 1.83. The molecule has 3 aromatic rings. The van der Waals surface area contributed by atoms with Crippen LogP contribution in [0.3, 0.4) is 0 Å². The maximum Gasteiger partial charge on any atom is 0.243 e. The fourth-order valence-electron chi connectivity index (χ4n) is 1.49. The largest absolute Gasteiger partial charge is 0.349 e. The van der Waals surface area contributed by atoms with Crippen molar-refractivity contribution in [3.05, 3.63) is 40.8 Å². The Kier molecular flexibility index (Phi) is 2.52. The molecule has 3 heterocycles. The van der Waals surface area contributed by atoms with Crippen LogP contribution >= 0.6 is 15.9 Å². The van der Waals surface area contributed by atoms with Crippen LogP contribution in [0.2, 0.25) is 0 Å². The fourth-order valence-corrected chi connectivity index (χ4v) is 1.81. The maximum absolute atomic E-state index is 4.34. The molecule has 0 aliphatic rings. The van der Waals surface area contributed by atoms with Gasteiger partial charge in [-0.25, -0.2) is 4.52 Å². The van der Waals surface area contributed by atoms with Gasteiger partial charge in [0.15, 0.2) is 5.65 Å². The number of aromatic amines is 1. The molecule has 6 nitrogen and oxygen atoms in total. The van der Waals surface area contributed by atoms with Gasteiger partial charge in [0.25, 0.3) is 0 Å². The molecule has 0 saturated carbocycles. The highest BCUT2D eigenvalue weighted by Crippen LogP contribution is 2.12. The van der Waals surface area contributed by atoms with E-state index in [1.165, 1.54) is 0 Å². The van der Waals surface area contributed by atoms with Crippen LogP contribution in [0.5, 0.6) is 0 Å². The Morgan fingerprint density at radius 2 is 2.35 bits per heavy atom. The molecule has 0 bridgehead atoms. The van der Waals surface area contributed by atoms with Crippen LogP contribution in [0.25, 0.3) is 5.65 Å². The highest BCUT2D eigenvalue weighted by Gasteiger charge is 2.03. The van der Waals surface area contributed by atoms with Crippen LogP contribution in [0, 0.1) is 0 Å². The summed E-state index contributed by atoms with van der Waals surface area (Å²) in [6, 6.07) is 3.84. The van der Waals surface area contributed by atoms with Crippen LogP contribution in [0.15, 0.2) is 35.2 Å². The van der Waals surface area contributed by atoms with E-state index in [9.17, 15) is 0 Å². The highest BCUT2D eigenvalue weighted by atomic mass is 79.9. The number of pyridine rings is 1. The van der Waals surface area contributed by atoms with Gasteiger partial charge in [-0.15, -0.1) is 5.10 Å².